The Balaban J connectivity index is 1.32. The van der Waals surface area contributed by atoms with Crippen molar-refractivity contribution in [3.05, 3.63) is 40.9 Å². The van der Waals surface area contributed by atoms with Crippen LogP contribution in [0.25, 0.3) is 10.6 Å². The van der Waals surface area contributed by atoms with Gasteiger partial charge in [0.2, 0.25) is 5.91 Å². The maximum Gasteiger partial charge on any atom is 0.317 e. The highest BCUT2D eigenvalue weighted by molar-refractivity contribution is 7.15. The van der Waals surface area contributed by atoms with Gasteiger partial charge >= 0.3 is 6.03 Å². The number of thiazole rings is 1. The Morgan fingerprint density at radius 2 is 1.82 bits per heavy atom. The van der Waals surface area contributed by atoms with E-state index in [-0.39, 0.29) is 17.9 Å². The number of aryl methyl sites for hydroxylation is 1. The average Bonchev–Trinajstić information content (AvgIpc) is 3.52. The first-order valence-corrected chi connectivity index (χ1v) is 10.8. The van der Waals surface area contributed by atoms with Gasteiger partial charge in [0.15, 0.2) is 0 Å². The second kappa shape index (κ2) is 8.31. The summed E-state index contributed by atoms with van der Waals surface area (Å²) in [5, 5.41) is 4.01. The van der Waals surface area contributed by atoms with Crippen LogP contribution in [-0.2, 0) is 11.3 Å². The predicted molar refractivity (Wildman–Crippen MR) is 110 cm³/mol. The van der Waals surface area contributed by atoms with Gasteiger partial charge in [-0.1, -0.05) is 30.3 Å². The first-order chi connectivity index (χ1) is 13.6. The van der Waals surface area contributed by atoms with Gasteiger partial charge in [-0.05, 0) is 26.2 Å². The molecule has 0 bridgehead atoms. The number of rotatable bonds is 4. The molecule has 3 amide bonds. The molecule has 2 aliphatic rings. The Bertz CT molecular complexity index is 847. The largest absolute Gasteiger partial charge is 0.341 e. The van der Waals surface area contributed by atoms with Gasteiger partial charge in [-0.25, -0.2) is 9.78 Å². The van der Waals surface area contributed by atoms with Crippen molar-refractivity contribution in [1.29, 1.82) is 0 Å². The molecular formula is C21H26N4O2S. The lowest BCUT2D eigenvalue weighted by Crippen LogP contribution is -2.42. The van der Waals surface area contributed by atoms with Gasteiger partial charge in [0.25, 0.3) is 0 Å². The van der Waals surface area contributed by atoms with Crippen molar-refractivity contribution in [2.45, 2.75) is 32.7 Å². The molecule has 4 rings (SSSR count). The molecule has 1 aliphatic carbocycles. The van der Waals surface area contributed by atoms with E-state index in [0.29, 0.717) is 26.2 Å². The van der Waals surface area contributed by atoms with Crippen molar-refractivity contribution >= 4 is 23.3 Å². The van der Waals surface area contributed by atoms with E-state index in [1.165, 1.54) is 0 Å². The molecule has 1 N–H and O–H groups in total. The van der Waals surface area contributed by atoms with Gasteiger partial charge in [-0.15, -0.1) is 11.3 Å². The minimum Gasteiger partial charge on any atom is -0.341 e. The van der Waals surface area contributed by atoms with Crippen LogP contribution in [0.5, 0.6) is 0 Å². The molecule has 2 aromatic rings. The molecule has 7 heteroatoms. The third kappa shape index (κ3) is 4.35. The van der Waals surface area contributed by atoms with Crippen molar-refractivity contribution in [2.24, 2.45) is 5.92 Å². The Kier molecular flexibility index (Phi) is 5.62. The number of urea groups is 1. The zero-order chi connectivity index (χ0) is 19.5. The van der Waals surface area contributed by atoms with E-state index in [0.717, 1.165) is 46.9 Å². The van der Waals surface area contributed by atoms with Crippen molar-refractivity contribution in [2.75, 3.05) is 26.2 Å². The van der Waals surface area contributed by atoms with Crippen molar-refractivity contribution in [3.8, 4) is 10.6 Å². The molecule has 2 fully saturated rings. The molecule has 1 aromatic carbocycles. The summed E-state index contributed by atoms with van der Waals surface area (Å²) in [6, 6.07) is 10.0. The van der Waals surface area contributed by atoms with Crippen LogP contribution in [0.4, 0.5) is 4.79 Å². The summed E-state index contributed by atoms with van der Waals surface area (Å²) in [6.07, 6.45) is 2.89. The Hall–Kier alpha value is -2.41. The molecule has 0 unspecified atom stereocenters. The Labute approximate surface area is 169 Å². The fraction of sp³-hybridized carbons (Fsp3) is 0.476. The van der Waals surface area contributed by atoms with Crippen LogP contribution in [0.3, 0.4) is 0 Å². The standard InChI is InChI=1S/C21H26N4O2S/c1-15-18(28-19(23-15)16-6-3-2-4-7-16)14-22-21(27)25-11-5-10-24(12-13-25)20(26)17-8-9-17/h2-4,6-7,17H,5,8-14H2,1H3,(H,22,27). The number of amides is 3. The number of carbonyl (C=O) groups excluding carboxylic acids is 2. The van der Waals surface area contributed by atoms with Gasteiger partial charge in [-0.3, -0.25) is 4.79 Å². The van der Waals surface area contributed by atoms with Crippen molar-refractivity contribution in [1.82, 2.24) is 20.1 Å². The molecule has 2 heterocycles. The highest BCUT2D eigenvalue weighted by Crippen LogP contribution is 2.31. The molecule has 28 heavy (non-hydrogen) atoms. The maximum atomic E-state index is 12.6. The zero-order valence-corrected chi connectivity index (χ0v) is 17.0. The highest BCUT2D eigenvalue weighted by atomic mass is 32.1. The molecule has 0 radical (unpaired) electrons. The lowest BCUT2D eigenvalue weighted by atomic mass is 10.2. The maximum absolute atomic E-state index is 12.6. The first-order valence-electron chi connectivity index (χ1n) is 9.95. The fourth-order valence-electron chi connectivity index (χ4n) is 3.49. The molecule has 1 aliphatic heterocycles. The molecule has 1 saturated carbocycles. The van der Waals surface area contributed by atoms with Gasteiger partial charge in [0.05, 0.1) is 12.2 Å². The van der Waals surface area contributed by atoms with Gasteiger partial charge in [-0.2, -0.15) is 0 Å². The number of hydrogen-bond acceptors (Lipinski definition) is 4. The summed E-state index contributed by atoms with van der Waals surface area (Å²) in [5.41, 5.74) is 2.06. The number of aromatic nitrogens is 1. The topological polar surface area (TPSA) is 65.5 Å². The molecule has 0 spiro atoms. The van der Waals surface area contributed by atoms with E-state index < -0.39 is 0 Å². The third-order valence-corrected chi connectivity index (χ3v) is 6.54. The van der Waals surface area contributed by atoms with Crippen LogP contribution in [0.1, 0.15) is 29.8 Å². The van der Waals surface area contributed by atoms with E-state index in [1.54, 1.807) is 11.3 Å². The van der Waals surface area contributed by atoms with E-state index in [1.807, 2.05) is 47.1 Å². The first kappa shape index (κ1) is 18.9. The van der Waals surface area contributed by atoms with Crippen molar-refractivity contribution < 1.29 is 9.59 Å². The quantitative estimate of drug-likeness (QED) is 0.860. The van der Waals surface area contributed by atoms with Crippen molar-refractivity contribution in [3.63, 3.8) is 0 Å². The number of hydrogen-bond donors (Lipinski definition) is 1. The Morgan fingerprint density at radius 3 is 2.57 bits per heavy atom. The second-order valence-electron chi connectivity index (χ2n) is 7.49. The summed E-state index contributed by atoms with van der Waals surface area (Å²) in [7, 11) is 0. The highest BCUT2D eigenvalue weighted by Gasteiger charge is 2.34. The molecule has 1 aromatic heterocycles. The predicted octanol–water partition coefficient (Wildman–Crippen LogP) is 3.27. The van der Waals surface area contributed by atoms with E-state index >= 15 is 0 Å². The van der Waals surface area contributed by atoms with E-state index in [4.69, 9.17) is 0 Å². The van der Waals surface area contributed by atoms with Gasteiger partial charge < -0.3 is 15.1 Å². The molecule has 148 valence electrons. The number of nitrogens with zero attached hydrogens (tertiary/aromatic N) is 3. The summed E-state index contributed by atoms with van der Waals surface area (Å²) >= 11 is 1.62. The van der Waals surface area contributed by atoms with Crippen LogP contribution in [0.15, 0.2) is 30.3 Å². The summed E-state index contributed by atoms with van der Waals surface area (Å²) in [4.78, 5) is 34.4. The number of benzene rings is 1. The minimum atomic E-state index is -0.0604. The second-order valence-corrected chi connectivity index (χ2v) is 8.58. The summed E-state index contributed by atoms with van der Waals surface area (Å²) in [5.74, 6) is 0.518. The van der Waals surface area contributed by atoms with Gasteiger partial charge in [0, 0.05) is 42.5 Å². The van der Waals surface area contributed by atoms with Gasteiger partial charge in [0.1, 0.15) is 5.01 Å². The van der Waals surface area contributed by atoms with E-state index in [2.05, 4.69) is 10.3 Å². The summed E-state index contributed by atoms with van der Waals surface area (Å²) in [6.45, 7) is 5.15. The molecule has 0 atom stereocenters. The lowest BCUT2D eigenvalue weighted by molar-refractivity contribution is -0.132. The van der Waals surface area contributed by atoms with Crippen LogP contribution < -0.4 is 5.32 Å². The smallest absolute Gasteiger partial charge is 0.317 e. The van der Waals surface area contributed by atoms with Crippen LogP contribution in [0, 0.1) is 12.8 Å². The van der Waals surface area contributed by atoms with Crippen LogP contribution in [0.2, 0.25) is 0 Å². The summed E-state index contributed by atoms with van der Waals surface area (Å²) < 4.78 is 0. The molecule has 1 saturated heterocycles. The lowest BCUT2D eigenvalue weighted by Gasteiger charge is -2.22. The molecule has 6 nitrogen and oxygen atoms in total. The Morgan fingerprint density at radius 1 is 1.11 bits per heavy atom. The fourth-order valence-corrected chi connectivity index (χ4v) is 4.50. The van der Waals surface area contributed by atoms with E-state index in [9.17, 15) is 9.59 Å². The SMILES string of the molecule is Cc1nc(-c2ccccc2)sc1CNC(=O)N1CCCN(C(=O)C2CC2)CC1. The normalized spacial score (nSPS) is 17.3. The third-order valence-electron chi connectivity index (χ3n) is 5.33. The zero-order valence-electron chi connectivity index (χ0n) is 16.2. The monoisotopic (exact) mass is 398 g/mol. The van der Waals surface area contributed by atoms with Crippen LogP contribution in [-0.4, -0.2) is 52.9 Å². The number of nitrogens with one attached hydrogen (secondary N) is 1. The minimum absolute atomic E-state index is 0.0604. The van der Waals surface area contributed by atoms with Crippen LogP contribution >= 0.6 is 11.3 Å². The molecular weight excluding hydrogens is 372 g/mol. The number of carbonyl (C=O) groups is 2. The average molecular weight is 399 g/mol.